The summed E-state index contributed by atoms with van der Waals surface area (Å²) < 4.78 is 30.4. The van der Waals surface area contributed by atoms with Crippen molar-refractivity contribution in [3.05, 3.63) is 35.9 Å². The number of halogens is 2. The highest BCUT2D eigenvalue weighted by atomic mass is 19.2. The molecular weight excluding hydrogens is 206 g/mol. The second-order valence-corrected chi connectivity index (χ2v) is 2.75. The largest absolute Gasteiger partial charge is 0.496 e. The van der Waals surface area contributed by atoms with E-state index in [2.05, 4.69) is 6.58 Å². The zero-order chi connectivity index (χ0) is 11.6. The van der Waals surface area contributed by atoms with E-state index in [1.165, 1.54) is 7.11 Å². The Morgan fingerprint density at radius 1 is 1.40 bits per heavy atom. The number of ether oxygens (including phenoxy) is 1. The molecule has 0 radical (unpaired) electrons. The molecule has 0 unspecified atom stereocenters. The molecule has 1 aromatic rings. The summed E-state index contributed by atoms with van der Waals surface area (Å²) in [6.07, 6.45) is 0. The van der Waals surface area contributed by atoms with Crippen molar-refractivity contribution in [1.29, 1.82) is 0 Å². The van der Waals surface area contributed by atoms with Gasteiger partial charge in [0.2, 0.25) is 0 Å². The molecule has 1 N–H and O–H groups in total. The minimum absolute atomic E-state index is 0.0682. The van der Waals surface area contributed by atoms with Gasteiger partial charge in [-0.3, -0.25) is 0 Å². The third-order valence-corrected chi connectivity index (χ3v) is 1.83. The number of hydrogen-bond acceptors (Lipinski definition) is 2. The van der Waals surface area contributed by atoms with E-state index >= 15 is 0 Å². The van der Waals surface area contributed by atoms with Crippen LogP contribution in [-0.4, -0.2) is 18.2 Å². The van der Waals surface area contributed by atoms with Crippen LogP contribution in [0.3, 0.4) is 0 Å². The zero-order valence-electron chi connectivity index (χ0n) is 7.88. The van der Waals surface area contributed by atoms with Gasteiger partial charge in [-0.05, 0) is 6.07 Å². The number of carboxylic acids is 1. The molecule has 0 aliphatic rings. The van der Waals surface area contributed by atoms with Crippen molar-refractivity contribution in [2.45, 2.75) is 0 Å². The zero-order valence-corrected chi connectivity index (χ0v) is 7.88. The van der Waals surface area contributed by atoms with Gasteiger partial charge in [-0.15, -0.1) is 0 Å². The van der Waals surface area contributed by atoms with E-state index in [0.29, 0.717) is 0 Å². The molecule has 0 atom stereocenters. The van der Waals surface area contributed by atoms with E-state index < -0.39 is 17.6 Å². The first-order chi connectivity index (χ1) is 6.97. The maximum absolute atomic E-state index is 12.9. The molecular formula is C10H8F2O3. The van der Waals surface area contributed by atoms with E-state index in [1.54, 1.807) is 0 Å². The van der Waals surface area contributed by atoms with Crippen molar-refractivity contribution >= 4 is 11.5 Å². The molecule has 0 saturated carbocycles. The summed E-state index contributed by atoms with van der Waals surface area (Å²) in [6.45, 7) is 3.24. The maximum Gasteiger partial charge on any atom is 0.335 e. The van der Waals surface area contributed by atoms with Gasteiger partial charge in [0.05, 0.1) is 12.7 Å². The molecule has 0 spiro atoms. The summed E-state index contributed by atoms with van der Waals surface area (Å²) in [4.78, 5) is 10.6. The normalized spacial score (nSPS) is 9.80. The van der Waals surface area contributed by atoms with Crippen molar-refractivity contribution in [3.63, 3.8) is 0 Å². The van der Waals surface area contributed by atoms with E-state index in [-0.39, 0.29) is 16.9 Å². The van der Waals surface area contributed by atoms with Crippen molar-refractivity contribution in [2.24, 2.45) is 0 Å². The lowest BCUT2D eigenvalue weighted by atomic mass is 10.1. The summed E-state index contributed by atoms with van der Waals surface area (Å²) >= 11 is 0. The van der Waals surface area contributed by atoms with Crippen LogP contribution < -0.4 is 4.74 Å². The predicted molar refractivity (Wildman–Crippen MR) is 49.6 cm³/mol. The summed E-state index contributed by atoms with van der Waals surface area (Å²) in [5.41, 5.74) is -0.436. The molecule has 0 heterocycles. The predicted octanol–water partition coefficient (Wildman–Crippen LogP) is 2.07. The van der Waals surface area contributed by atoms with E-state index in [9.17, 15) is 13.6 Å². The Morgan fingerprint density at radius 2 is 1.93 bits per heavy atom. The average Bonchev–Trinajstić information content (AvgIpc) is 2.20. The molecule has 1 rings (SSSR count). The van der Waals surface area contributed by atoms with Crippen LogP contribution in [-0.2, 0) is 4.79 Å². The van der Waals surface area contributed by atoms with Crippen molar-refractivity contribution in [2.75, 3.05) is 7.11 Å². The Kier molecular flexibility index (Phi) is 3.04. The molecule has 15 heavy (non-hydrogen) atoms. The molecule has 0 aromatic heterocycles. The Morgan fingerprint density at radius 3 is 2.40 bits per heavy atom. The molecule has 0 amide bonds. The number of aliphatic carboxylic acids is 1. The minimum atomic E-state index is -1.32. The second-order valence-electron chi connectivity index (χ2n) is 2.75. The van der Waals surface area contributed by atoms with Gasteiger partial charge in [0.1, 0.15) is 5.75 Å². The highest BCUT2D eigenvalue weighted by molar-refractivity contribution is 6.15. The molecule has 0 aliphatic heterocycles. The third-order valence-electron chi connectivity index (χ3n) is 1.83. The van der Waals surface area contributed by atoms with Gasteiger partial charge in [0.15, 0.2) is 11.6 Å². The van der Waals surface area contributed by atoms with Gasteiger partial charge in [-0.25, -0.2) is 13.6 Å². The van der Waals surface area contributed by atoms with E-state index in [4.69, 9.17) is 9.84 Å². The maximum atomic E-state index is 12.9. The highest BCUT2D eigenvalue weighted by Crippen LogP contribution is 2.27. The Balaban J connectivity index is 3.34. The first-order valence-corrected chi connectivity index (χ1v) is 3.93. The summed E-state index contributed by atoms with van der Waals surface area (Å²) in [5, 5.41) is 8.64. The highest BCUT2D eigenvalue weighted by Gasteiger charge is 2.16. The van der Waals surface area contributed by atoms with Crippen LogP contribution in [0.25, 0.3) is 5.57 Å². The smallest absolute Gasteiger partial charge is 0.335 e. The Labute approximate surface area is 84.6 Å². The first kappa shape index (κ1) is 11.2. The molecule has 1 aromatic carbocycles. The van der Waals surface area contributed by atoms with Crippen LogP contribution in [0.5, 0.6) is 5.75 Å². The minimum Gasteiger partial charge on any atom is -0.496 e. The van der Waals surface area contributed by atoms with Crippen molar-refractivity contribution in [3.8, 4) is 5.75 Å². The summed E-state index contributed by atoms with van der Waals surface area (Å²) in [7, 11) is 1.23. The van der Waals surface area contributed by atoms with Crippen LogP contribution in [0.15, 0.2) is 18.7 Å². The first-order valence-electron chi connectivity index (χ1n) is 3.93. The molecule has 5 heteroatoms. The fourth-order valence-electron chi connectivity index (χ4n) is 1.05. The lowest BCUT2D eigenvalue weighted by Crippen LogP contribution is -2.02. The van der Waals surface area contributed by atoms with Crippen LogP contribution >= 0.6 is 0 Å². The average molecular weight is 214 g/mol. The number of methoxy groups -OCH3 is 1. The van der Waals surface area contributed by atoms with E-state index in [0.717, 1.165) is 12.1 Å². The van der Waals surface area contributed by atoms with Gasteiger partial charge in [-0.1, -0.05) is 6.58 Å². The SMILES string of the molecule is C=C(C(=O)O)c1cc(F)c(F)cc1OC. The van der Waals surface area contributed by atoms with Crippen LogP contribution in [0.4, 0.5) is 8.78 Å². The van der Waals surface area contributed by atoms with Gasteiger partial charge >= 0.3 is 5.97 Å². The monoisotopic (exact) mass is 214 g/mol. The summed E-state index contributed by atoms with van der Waals surface area (Å²) in [5.74, 6) is -3.64. The Bertz CT molecular complexity index is 427. The topological polar surface area (TPSA) is 46.5 Å². The molecule has 80 valence electrons. The van der Waals surface area contributed by atoms with E-state index in [1.807, 2.05) is 0 Å². The number of hydrogen-bond donors (Lipinski definition) is 1. The van der Waals surface area contributed by atoms with Crippen LogP contribution in [0.2, 0.25) is 0 Å². The lowest BCUT2D eigenvalue weighted by Gasteiger charge is -2.08. The van der Waals surface area contributed by atoms with Crippen molar-refractivity contribution < 1.29 is 23.4 Å². The molecule has 3 nitrogen and oxygen atoms in total. The lowest BCUT2D eigenvalue weighted by molar-refractivity contribution is -0.130. The van der Waals surface area contributed by atoms with Crippen LogP contribution in [0.1, 0.15) is 5.56 Å². The van der Waals surface area contributed by atoms with Crippen LogP contribution in [0, 0.1) is 11.6 Å². The Hall–Kier alpha value is -1.91. The number of benzene rings is 1. The number of rotatable bonds is 3. The summed E-state index contributed by atoms with van der Waals surface area (Å²) in [6, 6.07) is 1.52. The number of carbonyl (C=O) groups is 1. The van der Waals surface area contributed by atoms with Gasteiger partial charge < -0.3 is 9.84 Å². The molecule has 0 bridgehead atoms. The second kappa shape index (κ2) is 4.08. The quantitative estimate of drug-likeness (QED) is 0.783. The third kappa shape index (κ3) is 2.12. The standard InChI is InChI=1S/C10H8F2O3/c1-5(10(13)14)6-3-7(11)8(12)4-9(6)15-2/h3-4H,1H2,2H3,(H,13,14). The fraction of sp³-hybridized carbons (Fsp3) is 0.100. The fourth-order valence-corrected chi connectivity index (χ4v) is 1.05. The van der Waals surface area contributed by atoms with Gasteiger partial charge in [0.25, 0.3) is 0 Å². The number of carboxylic acid groups (broad SMARTS) is 1. The van der Waals surface area contributed by atoms with Crippen molar-refractivity contribution in [1.82, 2.24) is 0 Å². The molecule has 0 fully saturated rings. The van der Waals surface area contributed by atoms with Gasteiger partial charge in [-0.2, -0.15) is 0 Å². The molecule has 0 aliphatic carbocycles. The van der Waals surface area contributed by atoms with Gasteiger partial charge in [0, 0.05) is 11.6 Å². The molecule has 0 saturated heterocycles.